The van der Waals surface area contributed by atoms with Crippen LogP contribution < -0.4 is 15.8 Å². The third-order valence-electron chi connectivity index (χ3n) is 5.25. The number of aromatic nitrogens is 2. The summed E-state index contributed by atoms with van der Waals surface area (Å²) in [5, 5.41) is 6.02. The van der Waals surface area contributed by atoms with Crippen LogP contribution in [0.1, 0.15) is 15.2 Å². The Bertz CT molecular complexity index is 1470. The highest BCUT2D eigenvalue weighted by Gasteiger charge is 2.19. The molecule has 164 valence electrons. The van der Waals surface area contributed by atoms with Crippen molar-refractivity contribution in [1.82, 2.24) is 9.97 Å². The highest BCUT2D eigenvalue weighted by Crippen LogP contribution is 2.36. The average molecular weight is 473 g/mol. The number of hydrogen-bond acceptors (Lipinski definition) is 7. The Labute approximate surface area is 198 Å². The van der Waals surface area contributed by atoms with Gasteiger partial charge < -0.3 is 10.5 Å². The summed E-state index contributed by atoms with van der Waals surface area (Å²) in [6.45, 7) is 2.05. The molecule has 0 aliphatic carbocycles. The molecular weight excluding hydrogens is 452 g/mol. The molecule has 5 rings (SSSR count). The normalized spacial score (nSPS) is 11.0. The third-order valence-corrected chi connectivity index (χ3v) is 7.13. The zero-order valence-electron chi connectivity index (χ0n) is 18.0. The maximum absolute atomic E-state index is 13.0. The quantitative estimate of drug-likeness (QED) is 0.316. The first-order valence-electron chi connectivity index (χ1n) is 10.2. The van der Waals surface area contributed by atoms with Gasteiger partial charge in [0.2, 0.25) is 0 Å². The first kappa shape index (κ1) is 21.1. The van der Waals surface area contributed by atoms with Gasteiger partial charge in [-0.3, -0.25) is 10.1 Å². The molecule has 0 radical (unpaired) electrons. The largest absolute Gasteiger partial charge is 0.496 e. The Hall–Kier alpha value is -3.75. The van der Waals surface area contributed by atoms with Crippen molar-refractivity contribution in [1.29, 1.82) is 0 Å². The van der Waals surface area contributed by atoms with E-state index in [9.17, 15) is 4.79 Å². The van der Waals surface area contributed by atoms with Crippen molar-refractivity contribution in [2.24, 2.45) is 0 Å². The lowest BCUT2D eigenvalue weighted by atomic mass is 10.1. The Morgan fingerprint density at radius 3 is 2.58 bits per heavy atom. The Balaban J connectivity index is 1.41. The van der Waals surface area contributed by atoms with Crippen LogP contribution in [0, 0.1) is 6.92 Å². The van der Waals surface area contributed by atoms with Gasteiger partial charge in [0.1, 0.15) is 15.5 Å². The summed E-state index contributed by atoms with van der Waals surface area (Å²) in [7, 11) is 1.62. The average Bonchev–Trinajstić information content (AvgIpc) is 3.43. The van der Waals surface area contributed by atoms with Gasteiger partial charge in [-0.2, -0.15) is 0 Å². The van der Waals surface area contributed by atoms with Gasteiger partial charge in [0.15, 0.2) is 5.13 Å². The van der Waals surface area contributed by atoms with Gasteiger partial charge in [0.25, 0.3) is 5.91 Å². The molecule has 3 aromatic heterocycles. The van der Waals surface area contributed by atoms with Crippen LogP contribution in [0.25, 0.3) is 32.7 Å². The van der Waals surface area contributed by atoms with E-state index in [1.54, 1.807) is 7.11 Å². The summed E-state index contributed by atoms with van der Waals surface area (Å²) in [6.07, 6.45) is 0. The minimum absolute atomic E-state index is 0.298. The van der Waals surface area contributed by atoms with E-state index in [0.29, 0.717) is 15.7 Å². The number of aryl methyl sites for hydroxylation is 1. The molecule has 0 aliphatic heterocycles. The lowest BCUT2D eigenvalue weighted by Gasteiger charge is -2.05. The summed E-state index contributed by atoms with van der Waals surface area (Å²) in [5.41, 5.74) is 11.4. The van der Waals surface area contributed by atoms with E-state index in [2.05, 4.69) is 22.4 Å². The molecule has 0 aliphatic rings. The molecule has 3 N–H and O–H groups in total. The Morgan fingerprint density at radius 2 is 1.79 bits per heavy atom. The van der Waals surface area contributed by atoms with Crippen LogP contribution in [-0.4, -0.2) is 23.0 Å². The van der Waals surface area contributed by atoms with Crippen molar-refractivity contribution in [2.75, 3.05) is 18.2 Å². The zero-order valence-corrected chi connectivity index (χ0v) is 19.6. The van der Waals surface area contributed by atoms with Gasteiger partial charge in [0, 0.05) is 21.9 Å². The lowest BCUT2D eigenvalue weighted by Crippen LogP contribution is -2.11. The van der Waals surface area contributed by atoms with Gasteiger partial charge in [-0.05, 0) is 31.2 Å². The minimum Gasteiger partial charge on any atom is -0.496 e. The number of fused-ring (bicyclic) bond motifs is 1. The number of hydrogen-bond donors (Lipinski definition) is 2. The van der Waals surface area contributed by atoms with Crippen LogP contribution in [0.15, 0.2) is 66.0 Å². The van der Waals surface area contributed by atoms with Gasteiger partial charge in [-0.15, -0.1) is 22.7 Å². The molecule has 0 atom stereocenters. The number of carbonyl (C=O) groups excluding carboxylic acids is 1. The monoisotopic (exact) mass is 472 g/mol. The first-order valence-corrected chi connectivity index (χ1v) is 11.9. The van der Waals surface area contributed by atoms with Crippen LogP contribution in [0.3, 0.4) is 0 Å². The molecule has 8 heteroatoms. The molecule has 1 amide bonds. The number of nitrogen functional groups attached to an aromatic ring is 1. The molecule has 5 aromatic rings. The minimum atomic E-state index is -0.298. The number of methoxy groups -OCH3 is 1. The van der Waals surface area contributed by atoms with E-state index < -0.39 is 0 Å². The van der Waals surface area contributed by atoms with Gasteiger partial charge in [-0.1, -0.05) is 42.0 Å². The lowest BCUT2D eigenvalue weighted by molar-refractivity contribution is 0.103. The van der Waals surface area contributed by atoms with Crippen LogP contribution >= 0.6 is 22.7 Å². The summed E-state index contributed by atoms with van der Waals surface area (Å²) >= 11 is 2.63. The molecule has 2 aromatic carbocycles. The fraction of sp³-hybridized carbons (Fsp3) is 0.0800. The number of thiazole rings is 1. The topological polar surface area (TPSA) is 90.1 Å². The highest BCUT2D eigenvalue weighted by molar-refractivity contribution is 7.21. The number of carbonyl (C=O) groups is 1. The molecule has 0 spiro atoms. The van der Waals surface area contributed by atoms with Crippen molar-refractivity contribution in [3.05, 3.63) is 76.5 Å². The number of thiophene rings is 1. The first-order chi connectivity index (χ1) is 16.0. The zero-order chi connectivity index (χ0) is 22.9. The third kappa shape index (κ3) is 4.06. The maximum atomic E-state index is 13.0. The predicted octanol–water partition coefficient (Wildman–Crippen LogP) is 6.24. The van der Waals surface area contributed by atoms with Crippen molar-refractivity contribution in [3.63, 3.8) is 0 Å². The number of nitrogens with two attached hydrogens (primary N) is 1. The number of para-hydroxylation sites is 1. The van der Waals surface area contributed by atoms with Gasteiger partial charge >= 0.3 is 0 Å². The van der Waals surface area contributed by atoms with Gasteiger partial charge in [-0.25, -0.2) is 9.97 Å². The van der Waals surface area contributed by atoms with Crippen molar-refractivity contribution >= 4 is 49.6 Å². The van der Waals surface area contributed by atoms with Crippen LogP contribution in [0.4, 0.5) is 10.8 Å². The number of nitrogens with zero attached hydrogens (tertiary/aromatic N) is 2. The fourth-order valence-corrected chi connectivity index (χ4v) is 5.21. The SMILES string of the molecule is COc1ccccc1-c1csc(NC(=O)c2sc3nc(-c4ccc(C)cc4)ccc3c2N)n1. The number of amides is 1. The smallest absolute Gasteiger partial charge is 0.269 e. The van der Waals surface area contributed by atoms with Crippen molar-refractivity contribution < 1.29 is 9.53 Å². The molecule has 3 heterocycles. The molecule has 0 unspecified atom stereocenters. The molecule has 6 nitrogen and oxygen atoms in total. The Morgan fingerprint density at radius 1 is 1.00 bits per heavy atom. The number of rotatable bonds is 5. The highest BCUT2D eigenvalue weighted by atomic mass is 32.1. The molecule has 0 bridgehead atoms. The second-order valence-electron chi connectivity index (χ2n) is 7.45. The molecule has 0 saturated heterocycles. The van der Waals surface area contributed by atoms with E-state index in [0.717, 1.165) is 38.5 Å². The van der Waals surface area contributed by atoms with Crippen molar-refractivity contribution in [3.8, 4) is 28.3 Å². The number of benzene rings is 2. The maximum Gasteiger partial charge on any atom is 0.269 e. The van der Waals surface area contributed by atoms with E-state index in [4.69, 9.17) is 15.5 Å². The number of pyridine rings is 1. The van der Waals surface area contributed by atoms with E-state index in [1.807, 2.05) is 60.8 Å². The summed E-state index contributed by atoms with van der Waals surface area (Å²) in [4.78, 5) is 23.4. The number of anilines is 2. The van der Waals surface area contributed by atoms with Crippen molar-refractivity contribution in [2.45, 2.75) is 6.92 Å². The molecule has 0 saturated carbocycles. The summed E-state index contributed by atoms with van der Waals surface area (Å²) in [5.74, 6) is 0.429. The number of ether oxygens (including phenoxy) is 1. The number of nitrogens with one attached hydrogen (secondary N) is 1. The van der Waals surface area contributed by atoms with E-state index >= 15 is 0 Å². The second-order valence-corrected chi connectivity index (χ2v) is 9.31. The second kappa shape index (κ2) is 8.65. The fourth-order valence-electron chi connectivity index (χ4n) is 3.52. The van der Waals surface area contributed by atoms with Crippen LogP contribution in [0.2, 0.25) is 0 Å². The van der Waals surface area contributed by atoms with Gasteiger partial charge in [0.05, 0.1) is 24.2 Å². The predicted molar refractivity (Wildman–Crippen MR) is 136 cm³/mol. The molecule has 0 fully saturated rings. The summed E-state index contributed by atoms with van der Waals surface area (Å²) in [6, 6.07) is 19.7. The van der Waals surface area contributed by atoms with Crippen LogP contribution in [-0.2, 0) is 0 Å². The van der Waals surface area contributed by atoms with E-state index in [1.165, 1.54) is 28.2 Å². The molecular formula is C25H20N4O2S2. The van der Waals surface area contributed by atoms with Crippen LogP contribution in [0.5, 0.6) is 5.75 Å². The van der Waals surface area contributed by atoms with E-state index in [-0.39, 0.29) is 5.91 Å². The molecule has 33 heavy (non-hydrogen) atoms. The summed E-state index contributed by atoms with van der Waals surface area (Å²) < 4.78 is 5.41. The standard InChI is InChI=1S/C25H20N4O2S2/c1-14-7-9-15(10-8-14)18-12-11-17-21(26)22(33-24(17)27-18)23(30)29-25-28-19(13-32-25)16-5-3-4-6-20(16)31-2/h3-13H,26H2,1-2H3,(H,28,29,30). The Kier molecular flexibility index (Phi) is 5.53.